The molecule has 3 aliphatic rings. The van der Waals surface area contributed by atoms with Gasteiger partial charge in [0, 0.05) is 30.6 Å². The van der Waals surface area contributed by atoms with E-state index in [0.29, 0.717) is 6.61 Å². The predicted octanol–water partition coefficient (Wildman–Crippen LogP) is 5.70. The van der Waals surface area contributed by atoms with Gasteiger partial charge in [-0.15, -0.1) is 0 Å². The maximum absolute atomic E-state index is 11.1. The zero-order chi connectivity index (χ0) is 23.1. The topological polar surface area (TPSA) is 49.8 Å². The zero-order valence-electron chi connectivity index (χ0n) is 19.5. The molecule has 34 heavy (non-hydrogen) atoms. The average Bonchev–Trinajstić information content (AvgIpc) is 2.89. The van der Waals surface area contributed by atoms with Gasteiger partial charge in [0.15, 0.2) is 0 Å². The number of ether oxygens (including phenoxy) is 1. The van der Waals surface area contributed by atoms with E-state index in [2.05, 4.69) is 59.5 Å². The number of nitrogens with zero attached hydrogens (tertiary/aromatic N) is 1. The fourth-order valence-electron chi connectivity index (χ4n) is 6.44. The van der Waals surface area contributed by atoms with Gasteiger partial charge in [-0.05, 0) is 84.2 Å². The molecule has 0 bridgehead atoms. The highest BCUT2D eigenvalue weighted by atomic mass is 16.5. The molecule has 6 rings (SSSR count). The van der Waals surface area contributed by atoms with Gasteiger partial charge in [0.1, 0.15) is 17.6 Å². The second-order valence-electron chi connectivity index (χ2n) is 10.1. The summed E-state index contributed by atoms with van der Waals surface area (Å²) >= 11 is 0. The van der Waals surface area contributed by atoms with Gasteiger partial charge in [-0.25, -0.2) is 0 Å². The summed E-state index contributed by atoms with van der Waals surface area (Å²) in [5.41, 5.74) is 7.08. The Hall–Kier alpha value is -3.11. The molecule has 0 saturated carbocycles. The number of rotatable bonds is 3. The number of fused-ring (bicyclic) bond motifs is 3. The van der Waals surface area contributed by atoms with Crippen LogP contribution in [0, 0.1) is 5.92 Å². The standard InChI is InChI=1S/C30H31NO3/c32-19-21-13-16-31(17-14-21)25-9-7-23(8-10-25)29-27-12-11-26(33)18-24(27)20-34-30(29)15-3-5-22-4-1-2-6-28(22)30/h1-2,4,6-12,18-19,21,29,33H,3,5,13-17,20H2/t29-,30+/m0/s1. The number of anilines is 1. The summed E-state index contributed by atoms with van der Waals surface area (Å²) in [5.74, 6) is 0.553. The van der Waals surface area contributed by atoms with Gasteiger partial charge in [-0.2, -0.15) is 0 Å². The largest absolute Gasteiger partial charge is 0.508 e. The van der Waals surface area contributed by atoms with Crippen LogP contribution in [-0.4, -0.2) is 24.5 Å². The fourth-order valence-corrected chi connectivity index (χ4v) is 6.44. The first-order valence-corrected chi connectivity index (χ1v) is 12.5. The molecule has 0 amide bonds. The van der Waals surface area contributed by atoms with Crippen LogP contribution < -0.4 is 4.90 Å². The van der Waals surface area contributed by atoms with E-state index in [4.69, 9.17) is 4.74 Å². The molecule has 3 aromatic carbocycles. The molecule has 1 N–H and O–H groups in total. The number of aryl methyl sites for hydroxylation is 1. The fraction of sp³-hybridized carbons (Fsp3) is 0.367. The van der Waals surface area contributed by atoms with E-state index in [0.717, 1.165) is 57.0 Å². The van der Waals surface area contributed by atoms with Crippen molar-refractivity contribution in [2.75, 3.05) is 18.0 Å². The number of piperidine rings is 1. The molecule has 2 atom stereocenters. The number of aldehydes is 1. The Morgan fingerprint density at radius 3 is 2.56 bits per heavy atom. The van der Waals surface area contributed by atoms with E-state index < -0.39 is 5.60 Å². The molecule has 1 spiro atoms. The van der Waals surface area contributed by atoms with Crippen molar-refractivity contribution in [3.8, 4) is 5.75 Å². The van der Waals surface area contributed by atoms with E-state index in [1.54, 1.807) is 0 Å². The van der Waals surface area contributed by atoms with E-state index in [9.17, 15) is 9.90 Å². The van der Waals surface area contributed by atoms with Crippen LogP contribution in [0.15, 0.2) is 66.7 Å². The van der Waals surface area contributed by atoms with Gasteiger partial charge in [0.05, 0.1) is 6.61 Å². The van der Waals surface area contributed by atoms with Crippen LogP contribution in [0.1, 0.15) is 59.4 Å². The number of carbonyl (C=O) groups excluding carboxylic acids is 1. The number of carbonyl (C=O) groups is 1. The first-order chi connectivity index (χ1) is 16.7. The summed E-state index contributed by atoms with van der Waals surface area (Å²) in [6.45, 7) is 2.36. The van der Waals surface area contributed by atoms with E-state index >= 15 is 0 Å². The van der Waals surface area contributed by atoms with Crippen molar-refractivity contribution in [3.05, 3.63) is 94.5 Å². The van der Waals surface area contributed by atoms with Crippen LogP contribution in [0.5, 0.6) is 5.75 Å². The van der Waals surface area contributed by atoms with Crippen LogP contribution in [0.4, 0.5) is 5.69 Å². The zero-order valence-corrected chi connectivity index (χ0v) is 19.5. The van der Waals surface area contributed by atoms with Gasteiger partial charge >= 0.3 is 0 Å². The van der Waals surface area contributed by atoms with Crippen molar-refractivity contribution in [2.24, 2.45) is 5.92 Å². The molecule has 174 valence electrons. The van der Waals surface area contributed by atoms with Gasteiger partial charge in [-0.1, -0.05) is 42.5 Å². The molecular formula is C30H31NO3. The molecule has 1 fully saturated rings. The van der Waals surface area contributed by atoms with Gasteiger partial charge in [0.25, 0.3) is 0 Å². The molecule has 0 aromatic heterocycles. The number of benzene rings is 3. The quantitative estimate of drug-likeness (QED) is 0.517. The SMILES string of the molecule is O=CC1CCN(c2ccc([C@H]3c4ccc(O)cc4CO[C@@]34CCCc3ccccc34)cc2)CC1. The third kappa shape index (κ3) is 3.52. The van der Waals surface area contributed by atoms with Crippen LogP contribution >= 0.6 is 0 Å². The van der Waals surface area contributed by atoms with Crippen LogP contribution in [0.2, 0.25) is 0 Å². The molecule has 0 radical (unpaired) electrons. The average molecular weight is 454 g/mol. The number of phenols is 1. The third-order valence-corrected chi connectivity index (χ3v) is 8.18. The Kier molecular flexibility index (Phi) is 5.41. The molecular weight excluding hydrogens is 422 g/mol. The highest BCUT2D eigenvalue weighted by Crippen LogP contribution is 2.55. The predicted molar refractivity (Wildman–Crippen MR) is 133 cm³/mol. The highest BCUT2D eigenvalue weighted by molar-refractivity contribution is 5.57. The molecule has 1 saturated heterocycles. The smallest absolute Gasteiger partial charge is 0.123 e. The Labute approximate surface area is 201 Å². The van der Waals surface area contributed by atoms with Crippen LogP contribution in [0.25, 0.3) is 0 Å². The Balaban J connectivity index is 1.42. The molecule has 4 nitrogen and oxygen atoms in total. The van der Waals surface area contributed by atoms with Crippen molar-refractivity contribution in [3.63, 3.8) is 0 Å². The molecule has 0 unspecified atom stereocenters. The van der Waals surface area contributed by atoms with E-state index in [1.165, 1.54) is 27.9 Å². The normalized spacial score (nSPS) is 24.5. The third-order valence-electron chi connectivity index (χ3n) is 8.18. The van der Waals surface area contributed by atoms with Gasteiger partial charge in [-0.3, -0.25) is 0 Å². The molecule has 2 heterocycles. The van der Waals surface area contributed by atoms with E-state index in [-0.39, 0.29) is 17.6 Å². The summed E-state index contributed by atoms with van der Waals surface area (Å²) in [7, 11) is 0. The van der Waals surface area contributed by atoms with Crippen molar-refractivity contribution in [2.45, 2.75) is 50.2 Å². The summed E-state index contributed by atoms with van der Waals surface area (Å²) in [4.78, 5) is 13.5. The molecule has 3 aromatic rings. The molecule has 4 heteroatoms. The van der Waals surface area contributed by atoms with Crippen molar-refractivity contribution in [1.29, 1.82) is 0 Å². The van der Waals surface area contributed by atoms with Crippen molar-refractivity contribution in [1.82, 2.24) is 0 Å². The van der Waals surface area contributed by atoms with Gasteiger partial charge in [0.2, 0.25) is 0 Å². The van der Waals surface area contributed by atoms with Crippen molar-refractivity contribution >= 4 is 12.0 Å². The number of hydrogen-bond donors (Lipinski definition) is 1. The lowest BCUT2D eigenvalue weighted by molar-refractivity contribution is -0.111. The molecule has 2 aliphatic heterocycles. The first kappa shape index (κ1) is 21.4. The maximum Gasteiger partial charge on any atom is 0.123 e. The number of phenolic OH excluding ortho intramolecular Hbond substituents is 1. The lowest BCUT2D eigenvalue weighted by atomic mass is 9.65. The minimum Gasteiger partial charge on any atom is -0.508 e. The van der Waals surface area contributed by atoms with Crippen molar-refractivity contribution < 1.29 is 14.6 Å². The molecule has 1 aliphatic carbocycles. The number of aromatic hydroxyl groups is 1. The number of hydrogen-bond acceptors (Lipinski definition) is 4. The second-order valence-corrected chi connectivity index (χ2v) is 10.1. The maximum atomic E-state index is 11.1. The second kappa shape index (κ2) is 8.59. The Morgan fingerprint density at radius 2 is 1.76 bits per heavy atom. The monoisotopic (exact) mass is 453 g/mol. The Bertz CT molecular complexity index is 1200. The van der Waals surface area contributed by atoms with Crippen LogP contribution in [-0.2, 0) is 28.2 Å². The lowest BCUT2D eigenvalue weighted by Crippen LogP contribution is -2.43. The first-order valence-electron chi connectivity index (χ1n) is 12.5. The summed E-state index contributed by atoms with van der Waals surface area (Å²) in [6.07, 6.45) is 6.14. The minimum atomic E-state index is -0.400. The summed E-state index contributed by atoms with van der Waals surface area (Å²) in [5, 5.41) is 10.1. The van der Waals surface area contributed by atoms with Crippen LogP contribution in [0.3, 0.4) is 0 Å². The van der Waals surface area contributed by atoms with Gasteiger partial charge < -0.3 is 19.5 Å². The lowest BCUT2D eigenvalue weighted by Gasteiger charge is -2.48. The summed E-state index contributed by atoms with van der Waals surface area (Å²) in [6, 6.07) is 23.5. The highest BCUT2D eigenvalue weighted by Gasteiger charge is 2.48. The minimum absolute atomic E-state index is 0.0631. The summed E-state index contributed by atoms with van der Waals surface area (Å²) < 4.78 is 6.80. The Morgan fingerprint density at radius 1 is 0.971 bits per heavy atom. The van der Waals surface area contributed by atoms with E-state index in [1.807, 2.05) is 12.1 Å².